The summed E-state index contributed by atoms with van der Waals surface area (Å²) in [5, 5.41) is 6.98. The molecule has 0 aliphatic heterocycles. The van der Waals surface area contributed by atoms with Crippen LogP contribution < -0.4 is 11.1 Å². The highest BCUT2D eigenvalue weighted by molar-refractivity contribution is 5.94. The van der Waals surface area contributed by atoms with Gasteiger partial charge in [-0.2, -0.15) is 5.10 Å². The van der Waals surface area contributed by atoms with E-state index < -0.39 is 6.04 Å². The molecule has 21 heavy (non-hydrogen) atoms. The zero-order valence-corrected chi connectivity index (χ0v) is 12.7. The van der Waals surface area contributed by atoms with Gasteiger partial charge in [-0.25, -0.2) is 0 Å². The molecule has 1 unspecified atom stereocenters. The Morgan fingerprint density at radius 2 is 2.14 bits per heavy atom. The number of anilines is 1. The molecule has 6 nitrogen and oxygen atoms in total. The molecule has 2 rings (SSSR count). The summed E-state index contributed by atoms with van der Waals surface area (Å²) in [6.07, 6.45) is 8.46. The summed E-state index contributed by atoms with van der Waals surface area (Å²) >= 11 is 0. The van der Waals surface area contributed by atoms with E-state index in [0.717, 1.165) is 12.0 Å². The largest absolute Gasteiger partial charge is 0.322 e. The molecule has 2 aromatic heterocycles. The van der Waals surface area contributed by atoms with Crippen LogP contribution in [0.1, 0.15) is 25.3 Å². The summed E-state index contributed by atoms with van der Waals surface area (Å²) in [6, 6.07) is 3.39. The van der Waals surface area contributed by atoms with E-state index >= 15 is 0 Å². The van der Waals surface area contributed by atoms with Crippen LogP contribution in [0.3, 0.4) is 0 Å². The van der Waals surface area contributed by atoms with Crippen molar-refractivity contribution < 1.29 is 4.79 Å². The Kier molecular flexibility index (Phi) is 6.84. The van der Waals surface area contributed by atoms with Gasteiger partial charge >= 0.3 is 0 Å². The second-order valence-electron chi connectivity index (χ2n) is 4.67. The lowest BCUT2D eigenvalue weighted by Crippen LogP contribution is -2.35. The number of nitrogens with two attached hydrogens (primary N) is 1. The number of amides is 1. The van der Waals surface area contributed by atoms with E-state index in [9.17, 15) is 4.79 Å². The number of halogens is 1. The zero-order chi connectivity index (χ0) is 14.4. The van der Waals surface area contributed by atoms with Crippen LogP contribution in [0.25, 0.3) is 0 Å². The molecule has 2 aromatic rings. The first-order valence-corrected chi connectivity index (χ1v) is 6.67. The lowest BCUT2D eigenvalue weighted by atomic mass is 10.2. The molecule has 1 atom stereocenters. The van der Waals surface area contributed by atoms with Crippen molar-refractivity contribution in [1.82, 2.24) is 14.8 Å². The van der Waals surface area contributed by atoms with Crippen molar-refractivity contribution in [3.8, 4) is 0 Å². The van der Waals surface area contributed by atoms with Gasteiger partial charge in [-0.3, -0.25) is 14.5 Å². The summed E-state index contributed by atoms with van der Waals surface area (Å²) in [5.41, 5.74) is 7.52. The Balaban J connectivity index is 0.00000220. The average Bonchev–Trinajstić information content (AvgIpc) is 2.87. The molecule has 0 spiro atoms. The smallest absolute Gasteiger partial charge is 0.241 e. The van der Waals surface area contributed by atoms with Gasteiger partial charge in [0.05, 0.1) is 24.5 Å². The number of nitrogens with one attached hydrogen (secondary N) is 1. The molecule has 2 heterocycles. The average molecular weight is 310 g/mol. The van der Waals surface area contributed by atoms with Gasteiger partial charge in [-0.1, -0.05) is 13.3 Å². The maximum atomic E-state index is 11.8. The molecule has 3 N–H and O–H groups in total. The minimum Gasteiger partial charge on any atom is -0.322 e. The maximum absolute atomic E-state index is 11.8. The number of rotatable bonds is 6. The highest BCUT2D eigenvalue weighted by Crippen LogP contribution is 2.08. The summed E-state index contributed by atoms with van der Waals surface area (Å²) in [4.78, 5) is 15.8. The fraction of sp³-hybridized carbons (Fsp3) is 0.357. The first-order chi connectivity index (χ1) is 9.69. The SMILES string of the molecule is CCCC(N)C(=O)Nc1cnn(Cc2ccncc2)c1.Cl. The van der Waals surface area contributed by atoms with Gasteiger partial charge in [0, 0.05) is 18.6 Å². The third-order valence-corrected chi connectivity index (χ3v) is 2.93. The number of nitrogens with zero attached hydrogens (tertiary/aromatic N) is 3. The van der Waals surface area contributed by atoms with Gasteiger partial charge in [-0.05, 0) is 24.1 Å². The van der Waals surface area contributed by atoms with E-state index in [1.165, 1.54) is 0 Å². The summed E-state index contributed by atoms with van der Waals surface area (Å²) in [6.45, 7) is 2.64. The van der Waals surface area contributed by atoms with Gasteiger partial charge < -0.3 is 11.1 Å². The Morgan fingerprint density at radius 3 is 2.81 bits per heavy atom. The minimum absolute atomic E-state index is 0. The van der Waals surface area contributed by atoms with Crippen LogP contribution in [-0.4, -0.2) is 26.7 Å². The lowest BCUT2D eigenvalue weighted by molar-refractivity contribution is -0.117. The monoisotopic (exact) mass is 309 g/mol. The summed E-state index contributed by atoms with van der Waals surface area (Å²) in [7, 11) is 0. The Hall–Kier alpha value is -1.92. The number of pyridine rings is 1. The van der Waals surface area contributed by atoms with Crippen molar-refractivity contribution >= 4 is 24.0 Å². The van der Waals surface area contributed by atoms with Crippen molar-refractivity contribution in [1.29, 1.82) is 0 Å². The molecule has 0 fully saturated rings. The molecule has 0 radical (unpaired) electrons. The molecule has 7 heteroatoms. The second-order valence-corrected chi connectivity index (χ2v) is 4.67. The van der Waals surface area contributed by atoms with Gasteiger partial charge in [0.1, 0.15) is 0 Å². The van der Waals surface area contributed by atoms with Crippen LogP contribution >= 0.6 is 12.4 Å². The van der Waals surface area contributed by atoms with Gasteiger partial charge in [0.15, 0.2) is 0 Å². The van der Waals surface area contributed by atoms with Crippen LogP contribution in [0.15, 0.2) is 36.9 Å². The minimum atomic E-state index is -0.469. The number of aromatic nitrogens is 3. The Bertz CT molecular complexity index is 558. The van der Waals surface area contributed by atoms with Crippen LogP contribution in [0.2, 0.25) is 0 Å². The van der Waals surface area contributed by atoms with E-state index in [-0.39, 0.29) is 18.3 Å². The fourth-order valence-electron chi connectivity index (χ4n) is 1.87. The third kappa shape index (κ3) is 5.17. The van der Waals surface area contributed by atoms with Crippen LogP contribution in [0, 0.1) is 0 Å². The summed E-state index contributed by atoms with van der Waals surface area (Å²) < 4.78 is 1.76. The standard InChI is InChI=1S/C14H19N5O.ClH/c1-2-3-13(15)14(20)18-12-8-17-19(10-12)9-11-4-6-16-7-5-11;/h4-8,10,13H,2-3,9,15H2,1H3,(H,18,20);1H. The molecular weight excluding hydrogens is 290 g/mol. The highest BCUT2D eigenvalue weighted by atomic mass is 35.5. The zero-order valence-electron chi connectivity index (χ0n) is 11.9. The summed E-state index contributed by atoms with van der Waals surface area (Å²) in [5.74, 6) is -0.171. The maximum Gasteiger partial charge on any atom is 0.241 e. The molecular formula is C14H20ClN5O. The fourth-order valence-corrected chi connectivity index (χ4v) is 1.87. The van der Waals surface area contributed by atoms with Crippen LogP contribution in [0.4, 0.5) is 5.69 Å². The van der Waals surface area contributed by atoms with E-state index in [1.54, 1.807) is 29.5 Å². The van der Waals surface area contributed by atoms with Gasteiger partial charge in [-0.15, -0.1) is 12.4 Å². The van der Waals surface area contributed by atoms with E-state index in [2.05, 4.69) is 15.4 Å². The Morgan fingerprint density at radius 1 is 1.43 bits per heavy atom. The quantitative estimate of drug-likeness (QED) is 0.852. The van der Waals surface area contributed by atoms with Crippen molar-refractivity contribution in [3.05, 3.63) is 42.5 Å². The number of hydrogen-bond donors (Lipinski definition) is 2. The first-order valence-electron chi connectivity index (χ1n) is 6.67. The molecule has 0 saturated heterocycles. The third-order valence-electron chi connectivity index (χ3n) is 2.93. The molecule has 0 aliphatic rings. The van der Waals surface area contributed by atoms with E-state index in [1.807, 2.05) is 19.1 Å². The van der Waals surface area contributed by atoms with Crippen molar-refractivity contribution in [2.45, 2.75) is 32.4 Å². The van der Waals surface area contributed by atoms with Crippen molar-refractivity contribution in [2.75, 3.05) is 5.32 Å². The molecule has 0 saturated carbocycles. The van der Waals surface area contributed by atoms with Gasteiger partial charge in [0.2, 0.25) is 5.91 Å². The number of hydrogen-bond acceptors (Lipinski definition) is 4. The topological polar surface area (TPSA) is 85.8 Å². The molecule has 0 aromatic carbocycles. The lowest BCUT2D eigenvalue weighted by Gasteiger charge is -2.09. The predicted molar refractivity (Wildman–Crippen MR) is 84.3 cm³/mol. The second kappa shape index (κ2) is 8.39. The predicted octanol–water partition coefficient (Wildman–Crippen LogP) is 1.81. The van der Waals surface area contributed by atoms with Crippen LogP contribution in [0.5, 0.6) is 0 Å². The first kappa shape index (κ1) is 17.1. The van der Waals surface area contributed by atoms with E-state index in [4.69, 9.17) is 5.73 Å². The number of carbonyl (C=O) groups is 1. The highest BCUT2D eigenvalue weighted by Gasteiger charge is 2.13. The van der Waals surface area contributed by atoms with E-state index in [0.29, 0.717) is 18.7 Å². The molecule has 0 aliphatic carbocycles. The Labute approximate surface area is 130 Å². The van der Waals surface area contributed by atoms with Crippen molar-refractivity contribution in [3.63, 3.8) is 0 Å². The van der Waals surface area contributed by atoms with Gasteiger partial charge in [0.25, 0.3) is 0 Å². The molecule has 1 amide bonds. The normalized spacial score (nSPS) is 11.5. The molecule has 0 bridgehead atoms. The number of carbonyl (C=O) groups excluding carboxylic acids is 1. The van der Waals surface area contributed by atoms with Crippen molar-refractivity contribution in [2.24, 2.45) is 5.73 Å². The van der Waals surface area contributed by atoms with Crippen LogP contribution in [-0.2, 0) is 11.3 Å². The molecule has 114 valence electrons.